The van der Waals surface area contributed by atoms with Crippen LogP contribution in [0.1, 0.15) is 6.42 Å². The molecule has 1 radical (unpaired) electrons. The molecule has 2 aliphatic rings. The van der Waals surface area contributed by atoms with E-state index < -0.39 is 0 Å². The van der Waals surface area contributed by atoms with Gasteiger partial charge in [-0.05, 0) is 13.0 Å². The third-order valence-corrected chi connectivity index (χ3v) is 3.50. The molecule has 2 rings (SSSR count). The van der Waals surface area contributed by atoms with E-state index in [1.54, 1.807) is 0 Å². The van der Waals surface area contributed by atoms with Crippen LogP contribution >= 0.6 is 0 Å². The van der Waals surface area contributed by atoms with Crippen LogP contribution < -0.4 is 10.6 Å². The van der Waals surface area contributed by atoms with Crippen LogP contribution in [0.25, 0.3) is 0 Å². The van der Waals surface area contributed by atoms with Crippen LogP contribution in [0.15, 0.2) is 0 Å². The van der Waals surface area contributed by atoms with Crippen molar-refractivity contribution in [1.29, 1.82) is 0 Å². The van der Waals surface area contributed by atoms with E-state index in [0.717, 1.165) is 24.1 Å². The summed E-state index contributed by atoms with van der Waals surface area (Å²) in [6.45, 7) is 8.07. The van der Waals surface area contributed by atoms with E-state index in [1.165, 1.54) is 32.6 Å². The first-order valence-corrected chi connectivity index (χ1v) is 6.11. The van der Waals surface area contributed by atoms with Gasteiger partial charge in [0.05, 0.1) is 27.2 Å². The lowest BCUT2D eigenvalue weighted by molar-refractivity contribution is -0.896. The molecule has 15 heavy (non-hydrogen) atoms. The largest absolute Gasteiger partial charge is 0.325 e. The number of nitrogens with zero attached hydrogens (tertiary/aromatic N) is 3. The van der Waals surface area contributed by atoms with Gasteiger partial charge in [0.25, 0.3) is 0 Å². The van der Waals surface area contributed by atoms with Crippen molar-refractivity contribution < 1.29 is 4.48 Å². The Morgan fingerprint density at radius 1 is 1.27 bits per heavy atom. The van der Waals surface area contributed by atoms with E-state index in [9.17, 15) is 0 Å². The van der Waals surface area contributed by atoms with Gasteiger partial charge in [0, 0.05) is 19.6 Å². The Kier molecular flexibility index (Phi) is 3.61. The maximum Gasteiger partial charge on any atom is 0.126 e. The van der Waals surface area contributed by atoms with Gasteiger partial charge in [0.15, 0.2) is 0 Å². The van der Waals surface area contributed by atoms with Crippen molar-refractivity contribution in [2.24, 2.45) is 0 Å². The quantitative estimate of drug-likeness (QED) is 0.583. The van der Waals surface area contributed by atoms with Crippen LogP contribution in [0.2, 0.25) is 0 Å². The lowest BCUT2D eigenvalue weighted by atomic mass is 10.2. The van der Waals surface area contributed by atoms with Crippen LogP contribution in [0, 0.1) is 0 Å². The number of nitrogens with one attached hydrogen (secondary N) is 1. The molecule has 1 unspecified atom stereocenters. The number of rotatable bonds is 1. The lowest BCUT2D eigenvalue weighted by Gasteiger charge is -2.41. The molecule has 0 spiro atoms. The first-order valence-electron chi connectivity index (χ1n) is 6.11. The third-order valence-electron chi connectivity index (χ3n) is 3.50. The molecular formula is C11H24N4+. The van der Waals surface area contributed by atoms with Gasteiger partial charge < -0.3 is 9.80 Å². The summed E-state index contributed by atoms with van der Waals surface area (Å²) in [5.41, 5.74) is 0. The summed E-state index contributed by atoms with van der Waals surface area (Å²) in [6.07, 6.45) is 1.73. The number of quaternary nitrogens is 1. The molecule has 1 atom stereocenters. The van der Waals surface area contributed by atoms with Crippen LogP contribution in [-0.2, 0) is 0 Å². The molecule has 0 saturated carbocycles. The summed E-state index contributed by atoms with van der Waals surface area (Å²) in [5, 5.41) is 8.22. The predicted molar refractivity (Wildman–Crippen MR) is 61.7 cm³/mol. The summed E-state index contributed by atoms with van der Waals surface area (Å²) < 4.78 is 1.12. The fraction of sp³-hybridized carbons (Fsp3) is 1.00. The van der Waals surface area contributed by atoms with E-state index >= 15 is 0 Å². The molecule has 2 fully saturated rings. The number of piperazine rings is 1. The van der Waals surface area contributed by atoms with Gasteiger partial charge in [0.1, 0.15) is 12.7 Å². The van der Waals surface area contributed by atoms with Crippen molar-refractivity contribution in [2.75, 3.05) is 59.9 Å². The fourth-order valence-electron chi connectivity index (χ4n) is 2.46. The second-order valence-electron chi connectivity index (χ2n) is 5.37. The molecule has 87 valence electrons. The van der Waals surface area contributed by atoms with Crippen molar-refractivity contribution in [3.8, 4) is 0 Å². The molecule has 2 aliphatic heterocycles. The van der Waals surface area contributed by atoms with Crippen LogP contribution in [0.4, 0.5) is 0 Å². The summed E-state index contributed by atoms with van der Waals surface area (Å²) in [7, 11) is 4.63. The predicted octanol–water partition coefficient (Wildman–Crippen LogP) is -0.698. The highest BCUT2D eigenvalue weighted by Crippen LogP contribution is 2.11. The molecule has 0 aromatic heterocycles. The molecular weight excluding hydrogens is 188 g/mol. The van der Waals surface area contributed by atoms with Crippen molar-refractivity contribution in [3.63, 3.8) is 0 Å². The maximum absolute atomic E-state index is 4.77. The molecule has 0 aromatic carbocycles. The molecule has 4 nitrogen and oxygen atoms in total. The molecule has 1 N–H and O–H groups in total. The average molecular weight is 212 g/mol. The normalized spacial score (nSPS) is 33.6. The molecule has 4 heteroatoms. The Hall–Kier alpha value is -0.160. The topological polar surface area (TPSA) is 29.4 Å². The Labute approximate surface area is 93.2 Å². The standard InChI is InChI=1S/C11H24N4/c1-15(2)9-6-13-11(10-15)14-7-3-4-12-5-8-14/h11-12H,3-10H2,1-2H3/q+1. The van der Waals surface area contributed by atoms with Gasteiger partial charge in [-0.2, -0.15) is 0 Å². The zero-order valence-electron chi connectivity index (χ0n) is 10.1. The number of hydrogen-bond acceptors (Lipinski definition) is 2. The SMILES string of the molecule is C[N+]1(C)CC[N]C(N2CCCNCC2)C1. The van der Waals surface area contributed by atoms with Crippen molar-refractivity contribution in [1.82, 2.24) is 15.5 Å². The molecule has 0 bridgehead atoms. The van der Waals surface area contributed by atoms with Crippen LogP contribution in [-0.4, -0.2) is 75.5 Å². The van der Waals surface area contributed by atoms with E-state index in [1.807, 2.05) is 0 Å². The highest BCUT2D eigenvalue weighted by Gasteiger charge is 2.31. The van der Waals surface area contributed by atoms with Crippen molar-refractivity contribution in [3.05, 3.63) is 0 Å². The first-order chi connectivity index (χ1) is 7.17. The van der Waals surface area contributed by atoms with Gasteiger partial charge in [0.2, 0.25) is 0 Å². The highest BCUT2D eigenvalue weighted by atomic mass is 15.4. The minimum absolute atomic E-state index is 0.466. The van der Waals surface area contributed by atoms with E-state index in [4.69, 9.17) is 5.32 Å². The van der Waals surface area contributed by atoms with Gasteiger partial charge in [-0.1, -0.05) is 0 Å². The van der Waals surface area contributed by atoms with Gasteiger partial charge in [-0.25, -0.2) is 5.32 Å². The Bertz CT molecular complexity index is 197. The molecule has 0 amide bonds. The number of hydrogen-bond donors (Lipinski definition) is 1. The second-order valence-corrected chi connectivity index (χ2v) is 5.37. The molecule has 2 saturated heterocycles. The van der Waals surface area contributed by atoms with Crippen molar-refractivity contribution >= 4 is 0 Å². The lowest BCUT2D eigenvalue weighted by Crippen LogP contribution is -2.61. The summed E-state index contributed by atoms with van der Waals surface area (Å²) >= 11 is 0. The number of likely N-dealkylation sites (N-methyl/N-ethyl adjacent to an activating group) is 1. The van der Waals surface area contributed by atoms with Crippen molar-refractivity contribution in [2.45, 2.75) is 12.6 Å². The summed E-state index contributed by atoms with van der Waals surface area (Å²) in [5.74, 6) is 0. The van der Waals surface area contributed by atoms with Crippen LogP contribution in [0.5, 0.6) is 0 Å². The Morgan fingerprint density at radius 3 is 2.93 bits per heavy atom. The third kappa shape index (κ3) is 3.14. The first kappa shape index (κ1) is 11.3. The van der Waals surface area contributed by atoms with E-state index in [2.05, 4.69) is 24.3 Å². The smallest absolute Gasteiger partial charge is 0.126 e. The summed E-state index contributed by atoms with van der Waals surface area (Å²) in [6, 6.07) is 0. The van der Waals surface area contributed by atoms with Gasteiger partial charge in [-0.3, -0.25) is 4.90 Å². The Morgan fingerprint density at radius 2 is 2.13 bits per heavy atom. The monoisotopic (exact) mass is 212 g/mol. The Balaban J connectivity index is 1.90. The zero-order chi connectivity index (χ0) is 10.7. The molecule has 0 aromatic rings. The minimum atomic E-state index is 0.466. The molecule has 2 heterocycles. The van der Waals surface area contributed by atoms with E-state index in [0.29, 0.717) is 6.17 Å². The fourth-order valence-corrected chi connectivity index (χ4v) is 2.46. The minimum Gasteiger partial charge on any atom is -0.325 e. The molecule has 0 aliphatic carbocycles. The van der Waals surface area contributed by atoms with E-state index in [-0.39, 0.29) is 0 Å². The highest BCUT2D eigenvalue weighted by molar-refractivity contribution is 4.75. The van der Waals surface area contributed by atoms with Gasteiger partial charge >= 0.3 is 0 Å². The zero-order valence-corrected chi connectivity index (χ0v) is 10.1. The summed E-state index contributed by atoms with van der Waals surface area (Å²) in [4.78, 5) is 2.55. The average Bonchev–Trinajstić information content (AvgIpc) is 2.44. The van der Waals surface area contributed by atoms with Gasteiger partial charge in [-0.15, -0.1) is 0 Å². The second kappa shape index (κ2) is 4.78. The maximum atomic E-state index is 4.77. The van der Waals surface area contributed by atoms with Crippen LogP contribution in [0.3, 0.4) is 0 Å².